The van der Waals surface area contributed by atoms with Crippen molar-refractivity contribution in [1.82, 2.24) is 5.32 Å². The van der Waals surface area contributed by atoms with Gasteiger partial charge in [-0.3, -0.25) is 0 Å². The molecule has 170 valence electrons. The molecule has 0 aliphatic carbocycles. The Balaban J connectivity index is 1.78. The SMILES string of the molecule is COc1ccc(Cl)cc1C=C(CNC(=O)OCc1ccccc1)B1OC(C)(C)C(C)(C)O1. The summed E-state index contributed by atoms with van der Waals surface area (Å²) in [5.41, 5.74) is 1.32. The summed E-state index contributed by atoms with van der Waals surface area (Å²) in [4.78, 5) is 12.3. The minimum absolute atomic E-state index is 0.167. The molecule has 1 amide bonds. The van der Waals surface area contributed by atoms with E-state index in [1.165, 1.54) is 0 Å². The predicted molar refractivity (Wildman–Crippen MR) is 127 cm³/mol. The van der Waals surface area contributed by atoms with E-state index in [4.69, 9.17) is 30.4 Å². The van der Waals surface area contributed by atoms with Gasteiger partial charge in [-0.1, -0.05) is 48.0 Å². The third kappa shape index (κ3) is 5.85. The fraction of sp³-hybridized carbons (Fsp3) is 0.375. The van der Waals surface area contributed by atoms with E-state index in [1.807, 2.05) is 64.1 Å². The normalized spacial score (nSPS) is 17.2. The van der Waals surface area contributed by atoms with Gasteiger partial charge in [-0.05, 0) is 56.9 Å². The molecule has 8 heteroatoms. The highest BCUT2D eigenvalue weighted by molar-refractivity contribution is 6.56. The highest BCUT2D eigenvalue weighted by atomic mass is 35.5. The quantitative estimate of drug-likeness (QED) is 0.572. The van der Waals surface area contributed by atoms with Crippen molar-refractivity contribution in [3.8, 4) is 5.75 Å². The van der Waals surface area contributed by atoms with Gasteiger partial charge in [0.2, 0.25) is 0 Å². The Bertz CT molecular complexity index is 962. The van der Waals surface area contributed by atoms with Gasteiger partial charge in [0.05, 0.1) is 18.3 Å². The number of hydrogen-bond donors (Lipinski definition) is 1. The molecule has 6 nitrogen and oxygen atoms in total. The van der Waals surface area contributed by atoms with Crippen LogP contribution in [-0.2, 0) is 20.7 Å². The van der Waals surface area contributed by atoms with Crippen LogP contribution in [0.25, 0.3) is 6.08 Å². The van der Waals surface area contributed by atoms with Crippen LogP contribution in [-0.4, -0.2) is 38.1 Å². The number of nitrogens with one attached hydrogen (secondary N) is 1. The third-order valence-electron chi connectivity index (χ3n) is 5.74. The number of hydrogen-bond acceptors (Lipinski definition) is 5. The lowest BCUT2D eigenvalue weighted by Crippen LogP contribution is -2.41. The van der Waals surface area contributed by atoms with Gasteiger partial charge in [0.15, 0.2) is 0 Å². The van der Waals surface area contributed by atoms with E-state index in [1.54, 1.807) is 25.3 Å². The molecule has 2 aromatic carbocycles. The average molecular weight is 458 g/mol. The predicted octanol–water partition coefficient (Wildman–Crippen LogP) is 5.29. The van der Waals surface area contributed by atoms with Crippen molar-refractivity contribution >= 4 is 30.9 Å². The number of carbonyl (C=O) groups excluding carboxylic acids is 1. The molecule has 1 heterocycles. The van der Waals surface area contributed by atoms with Crippen molar-refractivity contribution < 1.29 is 23.6 Å². The molecule has 1 saturated heterocycles. The largest absolute Gasteiger partial charge is 0.496 e. The molecule has 1 aliphatic rings. The number of alkyl carbamates (subject to hydrolysis) is 1. The number of ether oxygens (including phenoxy) is 2. The van der Waals surface area contributed by atoms with Gasteiger partial charge in [0, 0.05) is 17.1 Å². The maximum atomic E-state index is 12.3. The molecule has 0 radical (unpaired) electrons. The summed E-state index contributed by atoms with van der Waals surface area (Å²) in [6, 6.07) is 14.8. The Morgan fingerprint density at radius 1 is 1.09 bits per heavy atom. The minimum Gasteiger partial charge on any atom is -0.496 e. The zero-order valence-electron chi connectivity index (χ0n) is 19.1. The maximum absolute atomic E-state index is 12.3. The smallest absolute Gasteiger partial charge is 0.492 e. The van der Waals surface area contributed by atoms with Crippen LogP contribution in [0.3, 0.4) is 0 Å². The fourth-order valence-corrected chi connectivity index (χ4v) is 3.34. The van der Waals surface area contributed by atoms with Gasteiger partial charge in [-0.25, -0.2) is 4.79 Å². The van der Waals surface area contributed by atoms with Crippen molar-refractivity contribution in [3.63, 3.8) is 0 Å². The van der Waals surface area contributed by atoms with Crippen molar-refractivity contribution in [2.45, 2.75) is 45.5 Å². The van der Waals surface area contributed by atoms with Gasteiger partial charge in [0.1, 0.15) is 12.4 Å². The maximum Gasteiger partial charge on any atom is 0.492 e. The molecule has 3 rings (SSSR count). The summed E-state index contributed by atoms with van der Waals surface area (Å²) in [6.45, 7) is 8.26. The zero-order chi connectivity index (χ0) is 23.4. The van der Waals surface area contributed by atoms with Crippen molar-refractivity contribution in [1.29, 1.82) is 0 Å². The van der Waals surface area contributed by atoms with Crippen molar-refractivity contribution in [2.75, 3.05) is 13.7 Å². The lowest BCUT2D eigenvalue weighted by molar-refractivity contribution is 0.00578. The first-order valence-corrected chi connectivity index (χ1v) is 10.8. The number of methoxy groups -OCH3 is 1. The molecule has 1 aliphatic heterocycles. The number of carbonyl (C=O) groups is 1. The molecular weight excluding hydrogens is 429 g/mol. The highest BCUT2D eigenvalue weighted by Crippen LogP contribution is 2.39. The number of benzene rings is 2. The number of amides is 1. The summed E-state index contributed by atoms with van der Waals surface area (Å²) in [5, 5.41) is 3.36. The average Bonchev–Trinajstić information content (AvgIpc) is 2.97. The molecule has 32 heavy (non-hydrogen) atoms. The fourth-order valence-electron chi connectivity index (χ4n) is 3.16. The lowest BCUT2D eigenvalue weighted by atomic mass is 9.77. The first kappa shape index (κ1) is 24.2. The second-order valence-electron chi connectivity index (χ2n) is 8.61. The van der Waals surface area contributed by atoms with Crippen LogP contribution in [0.5, 0.6) is 5.75 Å². The molecule has 0 saturated carbocycles. The van der Waals surface area contributed by atoms with E-state index in [-0.39, 0.29) is 13.2 Å². The van der Waals surface area contributed by atoms with E-state index in [0.29, 0.717) is 16.2 Å². The van der Waals surface area contributed by atoms with Gasteiger partial charge >= 0.3 is 13.2 Å². The van der Waals surface area contributed by atoms with E-state index >= 15 is 0 Å². The minimum atomic E-state index is -0.655. The van der Waals surface area contributed by atoms with Crippen molar-refractivity contribution in [2.24, 2.45) is 0 Å². The summed E-state index contributed by atoms with van der Waals surface area (Å²) in [5.74, 6) is 0.648. The summed E-state index contributed by atoms with van der Waals surface area (Å²) < 4.78 is 23.2. The third-order valence-corrected chi connectivity index (χ3v) is 5.97. The Hall–Kier alpha value is -2.48. The topological polar surface area (TPSA) is 66.0 Å². The molecule has 1 fully saturated rings. The zero-order valence-corrected chi connectivity index (χ0v) is 19.9. The van der Waals surface area contributed by atoms with E-state index in [9.17, 15) is 4.79 Å². The molecule has 0 unspecified atom stereocenters. The Kier molecular flexibility index (Phi) is 7.54. The van der Waals surface area contributed by atoms with Crippen LogP contribution in [0, 0.1) is 0 Å². The monoisotopic (exact) mass is 457 g/mol. The molecule has 0 atom stereocenters. The molecule has 0 spiro atoms. The second kappa shape index (κ2) is 9.98. The van der Waals surface area contributed by atoms with Gasteiger partial charge in [-0.2, -0.15) is 0 Å². The van der Waals surface area contributed by atoms with Crippen LogP contribution < -0.4 is 10.1 Å². The molecule has 1 N–H and O–H groups in total. The number of halogens is 1. The molecule has 0 bridgehead atoms. The van der Waals surface area contributed by atoms with Gasteiger partial charge < -0.3 is 24.1 Å². The van der Waals surface area contributed by atoms with E-state index in [0.717, 1.165) is 11.1 Å². The van der Waals surface area contributed by atoms with E-state index < -0.39 is 24.4 Å². The van der Waals surface area contributed by atoms with Gasteiger partial charge in [-0.15, -0.1) is 0 Å². The van der Waals surface area contributed by atoms with Gasteiger partial charge in [0.25, 0.3) is 0 Å². The van der Waals surface area contributed by atoms with E-state index in [2.05, 4.69) is 5.32 Å². The molecule has 0 aromatic heterocycles. The summed E-state index contributed by atoms with van der Waals surface area (Å²) in [6.07, 6.45) is 1.33. The lowest BCUT2D eigenvalue weighted by Gasteiger charge is -2.32. The number of rotatable bonds is 7. The first-order valence-electron chi connectivity index (χ1n) is 10.5. The second-order valence-corrected chi connectivity index (χ2v) is 9.05. The Morgan fingerprint density at radius 2 is 1.75 bits per heavy atom. The molecular formula is C24H29BClNO5. The highest BCUT2D eigenvalue weighted by Gasteiger charge is 2.52. The summed E-state index contributed by atoms with van der Waals surface area (Å²) in [7, 11) is 0.937. The first-order chi connectivity index (χ1) is 15.1. The summed E-state index contributed by atoms with van der Waals surface area (Å²) >= 11 is 6.20. The van der Waals surface area contributed by atoms with Crippen LogP contribution in [0.4, 0.5) is 4.79 Å². The van der Waals surface area contributed by atoms with Crippen LogP contribution in [0.1, 0.15) is 38.8 Å². The van der Waals surface area contributed by atoms with Crippen LogP contribution >= 0.6 is 11.6 Å². The Morgan fingerprint density at radius 3 is 2.38 bits per heavy atom. The van der Waals surface area contributed by atoms with Crippen LogP contribution in [0.15, 0.2) is 54.0 Å². The molecule has 2 aromatic rings. The van der Waals surface area contributed by atoms with Crippen molar-refractivity contribution in [3.05, 3.63) is 70.2 Å². The van der Waals surface area contributed by atoms with Crippen LogP contribution in [0.2, 0.25) is 5.02 Å². The Labute approximate surface area is 195 Å². The standard InChI is InChI=1S/C24H29BClNO5/c1-23(2)24(3,4)32-25(31-23)19(13-18-14-20(26)11-12-21(18)29-5)15-27-22(28)30-16-17-9-7-6-8-10-17/h6-14H,15-16H2,1-5H3,(H,27,28).